The lowest BCUT2D eigenvalue weighted by molar-refractivity contribution is -0.158. The first-order valence-electron chi connectivity index (χ1n) is 13.7. The third-order valence-corrected chi connectivity index (χ3v) is 6.72. The van der Waals surface area contributed by atoms with Crippen molar-refractivity contribution in [3.63, 3.8) is 0 Å². The van der Waals surface area contributed by atoms with Crippen LogP contribution in [0.25, 0.3) is 0 Å². The maximum absolute atomic E-state index is 13.2. The van der Waals surface area contributed by atoms with Crippen molar-refractivity contribution >= 4 is 11.9 Å². The van der Waals surface area contributed by atoms with E-state index in [1.807, 2.05) is 62.4 Å². The SMILES string of the molecule is C=CCCCCCCOc1ccc(C(=O)OC2(C(=O)OCC(C)CC)C=CC(c3ccccc3)C=C2)cc1. The van der Waals surface area contributed by atoms with Crippen LogP contribution in [0.3, 0.4) is 0 Å². The van der Waals surface area contributed by atoms with Crippen LogP contribution in [0.5, 0.6) is 5.75 Å². The molecule has 0 fully saturated rings. The standard InChI is InChI=1S/C33H40O5/c1-4-6-7-8-9-13-24-36-30-18-16-29(17-19-30)31(34)38-33(32(35)37-25-26(3)5-2)22-20-28(21-23-33)27-14-11-10-12-15-27/h4,10-12,14-23,26,28H,1,5-9,13,24-25H2,2-3H3. The topological polar surface area (TPSA) is 61.8 Å². The normalized spacial score (nSPS) is 18.9. The van der Waals surface area contributed by atoms with Gasteiger partial charge < -0.3 is 14.2 Å². The van der Waals surface area contributed by atoms with Crippen LogP contribution in [0, 0.1) is 5.92 Å². The maximum atomic E-state index is 13.2. The Bertz CT molecular complexity index is 1070. The summed E-state index contributed by atoms with van der Waals surface area (Å²) in [5.41, 5.74) is -0.195. The second-order valence-corrected chi connectivity index (χ2v) is 9.81. The summed E-state index contributed by atoms with van der Waals surface area (Å²) in [7, 11) is 0. The molecule has 1 aliphatic rings. The Labute approximate surface area is 227 Å². The van der Waals surface area contributed by atoms with Crippen molar-refractivity contribution in [1.82, 2.24) is 0 Å². The fraction of sp³-hybridized carbons (Fsp3) is 0.394. The van der Waals surface area contributed by atoms with Crippen molar-refractivity contribution in [2.24, 2.45) is 5.92 Å². The number of hydrogen-bond donors (Lipinski definition) is 0. The Kier molecular flexibility index (Phi) is 11.4. The Morgan fingerprint density at radius 1 is 0.974 bits per heavy atom. The highest BCUT2D eigenvalue weighted by molar-refractivity contribution is 5.95. The van der Waals surface area contributed by atoms with Gasteiger partial charge in [0.15, 0.2) is 0 Å². The molecule has 0 radical (unpaired) electrons. The van der Waals surface area contributed by atoms with Gasteiger partial charge in [0.05, 0.1) is 18.8 Å². The fourth-order valence-corrected chi connectivity index (χ4v) is 4.04. The van der Waals surface area contributed by atoms with E-state index in [2.05, 4.69) is 6.58 Å². The summed E-state index contributed by atoms with van der Waals surface area (Å²) in [4.78, 5) is 26.3. The third kappa shape index (κ3) is 8.47. The van der Waals surface area contributed by atoms with Crippen molar-refractivity contribution in [2.75, 3.05) is 13.2 Å². The van der Waals surface area contributed by atoms with Gasteiger partial charge in [-0.1, -0.05) is 81.7 Å². The van der Waals surface area contributed by atoms with E-state index in [9.17, 15) is 9.59 Å². The summed E-state index contributed by atoms with van der Waals surface area (Å²) in [5.74, 6) is -0.327. The highest BCUT2D eigenvalue weighted by Gasteiger charge is 2.41. The molecule has 0 bridgehead atoms. The van der Waals surface area contributed by atoms with Crippen molar-refractivity contribution in [2.45, 2.75) is 63.9 Å². The highest BCUT2D eigenvalue weighted by Crippen LogP contribution is 2.31. The number of esters is 2. The minimum Gasteiger partial charge on any atom is -0.494 e. The van der Waals surface area contributed by atoms with E-state index in [1.165, 1.54) is 0 Å². The van der Waals surface area contributed by atoms with Gasteiger partial charge in [0.1, 0.15) is 5.75 Å². The van der Waals surface area contributed by atoms with Gasteiger partial charge in [-0.2, -0.15) is 0 Å². The first-order chi connectivity index (χ1) is 18.5. The minimum atomic E-state index is -1.61. The molecule has 1 unspecified atom stereocenters. The second kappa shape index (κ2) is 15.0. The van der Waals surface area contributed by atoms with E-state index in [-0.39, 0.29) is 18.4 Å². The molecule has 0 saturated carbocycles. The number of hydrogen-bond acceptors (Lipinski definition) is 5. The second-order valence-electron chi connectivity index (χ2n) is 9.81. The van der Waals surface area contributed by atoms with Gasteiger partial charge in [0.2, 0.25) is 5.60 Å². The molecular formula is C33H40O5. The summed E-state index contributed by atoms with van der Waals surface area (Å²) in [6.45, 7) is 8.68. The molecule has 5 nitrogen and oxygen atoms in total. The van der Waals surface area contributed by atoms with Crippen LogP contribution >= 0.6 is 0 Å². The molecule has 0 saturated heterocycles. The lowest BCUT2D eigenvalue weighted by atomic mass is 9.88. The number of benzene rings is 2. The van der Waals surface area contributed by atoms with E-state index in [0.29, 0.717) is 17.9 Å². The van der Waals surface area contributed by atoms with Crippen LogP contribution in [0.2, 0.25) is 0 Å². The first-order valence-corrected chi connectivity index (χ1v) is 13.7. The molecule has 0 N–H and O–H groups in total. The number of unbranched alkanes of at least 4 members (excludes halogenated alkanes) is 4. The van der Waals surface area contributed by atoms with Gasteiger partial charge in [-0.3, -0.25) is 0 Å². The average Bonchev–Trinajstić information content (AvgIpc) is 2.96. The highest BCUT2D eigenvalue weighted by atomic mass is 16.6. The molecule has 3 rings (SSSR count). The summed E-state index contributed by atoms with van der Waals surface area (Å²) in [6, 6.07) is 16.7. The van der Waals surface area contributed by atoms with Gasteiger partial charge in [-0.25, -0.2) is 9.59 Å². The van der Waals surface area contributed by atoms with E-state index in [4.69, 9.17) is 14.2 Å². The Hall–Kier alpha value is -3.60. The quantitative estimate of drug-likeness (QED) is 0.139. The Morgan fingerprint density at radius 2 is 1.66 bits per heavy atom. The van der Waals surface area contributed by atoms with Crippen molar-refractivity contribution in [1.29, 1.82) is 0 Å². The zero-order valence-corrected chi connectivity index (χ0v) is 22.6. The molecule has 2 aromatic carbocycles. The van der Waals surface area contributed by atoms with Crippen LogP contribution < -0.4 is 4.74 Å². The van der Waals surface area contributed by atoms with Crippen LogP contribution in [0.1, 0.15) is 74.2 Å². The third-order valence-electron chi connectivity index (χ3n) is 6.72. The predicted molar refractivity (Wildman–Crippen MR) is 151 cm³/mol. The summed E-state index contributed by atoms with van der Waals surface area (Å²) in [6.07, 6.45) is 15.3. The average molecular weight is 517 g/mol. The predicted octanol–water partition coefficient (Wildman–Crippen LogP) is 7.60. The van der Waals surface area contributed by atoms with Crippen LogP contribution in [0.4, 0.5) is 0 Å². The minimum absolute atomic E-state index is 0.0242. The summed E-state index contributed by atoms with van der Waals surface area (Å²) < 4.78 is 17.2. The number of ether oxygens (including phenoxy) is 3. The van der Waals surface area contributed by atoms with E-state index in [0.717, 1.165) is 44.1 Å². The maximum Gasteiger partial charge on any atom is 0.358 e. The molecular weight excluding hydrogens is 476 g/mol. The first kappa shape index (κ1) is 29.0. The van der Waals surface area contributed by atoms with Crippen molar-refractivity contribution in [3.05, 3.63) is 103 Å². The molecule has 1 atom stereocenters. The van der Waals surface area contributed by atoms with Crippen molar-refractivity contribution < 1.29 is 23.8 Å². The Balaban J connectivity index is 1.64. The van der Waals surface area contributed by atoms with Crippen LogP contribution in [-0.4, -0.2) is 30.8 Å². The largest absolute Gasteiger partial charge is 0.494 e. The lowest BCUT2D eigenvalue weighted by Crippen LogP contribution is -2.43. The lowest BCUT2D eigenvalue weighted by Gasteiger charge is -2.29. The van der Waals surface area contributed by atoms with E-state index in [1.54, 1.807) is 36.4 Å². The number of carbonyl (C=O) groups is 2. The molecule has 38 heavy (non-hydrogen) atoms. The fourth-order valence-electron chi connectivity index (χ4n) is 4.04. The van der Waals surface area contributed by atoms with Gasteiger partial charge in [-0.15, -0.1) is 6.58 Å². The zero-order valence-electron chi connectivity index (χ0n) is 22.6. The monoisotopic (exact) mass is 516 g/mol. The number of carbonyl (C=O) groups excluding carboxylic acids is 2. The molecule has 202 valence electrons. The molecule has 0 amide bonds. The van der Waals surface area contributed by atoms with Gasteiger partial charge in [0, 0.05) is 5.92 Å². The van der Waals surface area contributed by atoms with Gasteiger partial charge >= 0.3 is 11.9 Å². The molecule has 0 aliphatic heterocycles. The molecule has 1 aliphatic carbocycles. The molecule has 0 spiro atoms. The zero-order chi connectivity index (χ0) is 27.2. The van der Waals surface area contributed by atoms with E-state index < -0.39 is 17.5 Å². The summed E-state index contributed by atoms with van der Waals surface area (Å²) in [5, 5.41) is 0. The smallest absolute Gasteiger partial charge is 0.358 e. The van der Waals surface area contributed by atoms with Gasteiger partial charge in [0.25, 0.3) is 0 Å². The molecule has 0 aromatic heterocycles. The van der Waals surface area contributed by atoms with Crippen LogP contribution in [0.15, 0.2) is 91.6 Å². The summed E-state index contributed by atoms with van der Waals surface area (Å²) >= 11 is 0. The van der Waals surface area contributed by atoms with Crippen LogP contribution in [-0.2, 0) is 14.3 Å². The molecule has 5 heteroatoms. The van der Waals surface area contributed by atoms with Gasteiger partial charge in [-0.05, 0) is 67.2 Å². The molecule has 0 heterocycles. The number of allylic oxidation sites excluding steroid dienone is 3. The van der Waals surface area contributed by atoms with Crippen molar-refractivity contribution in [3.8, 4) is 5.75 Å². The van der Waals surface area contributed by atoms with E-state index >= 15 is 0 Å². The Morgan fingerprint density at radius 3 is 2.32 bits per heavy atom. The molecule has 2 aromatic rings. The number of rotatable bonds is 15.